The number of phenols is 1. The van der Waals surface area contributed by atoms with Crippen LogP contribution in [0.1, 0.15) is 0 Å². The van der Waals surface area contributed by atoms with Gasteiger partial charge in [-0.2, -0.15) is 4.98 Å². The van der Waals surface area contributed by atoms with Gasteiger partial charge in [-0.1, -0.05) is 12.1 Å². The van der Waals surface area contributed by atoms with Crippen molar-refractivity contribution in [1.82, 2.24) is 9.97 Å². The van der Waals surface area contributed by atoms with Crippen LogP contribution in [0.25, 0.3) is 10.9 Å². The van der Waals surface area contributed by atoms with E-state index in [-0.39, 0.29) is 11.0 Å². The third kappa shape index (κ3) is 2.93. The van der Waals surface area contributed by atoms with Crippen molar-refractivity contribution in [2.45, 2.75) is 0 Å². The van der Waals surface area contributed by atoms with Crippen LogP contribution < -0.4 is 14.8 Å². The first-order chi connectivity index (χ1) is 11.1. The molecule has 0 aliphatic heterocycles. The van der Waals surface area contributed by atoms with Gasteiger partial charge in [0, 0.05) is 11.5 Å². The maximum atomic E-state index is 9.91. The summed E-state index contributed by atoms with van der Waals surface area (Å²) in [5.41, 5.74) is 1.11. The third-order valence-electron chi connectivity index (χ3n) is 3.33. The Hall–Kier alpha value is -2.73. The third-order valence-corrected chi connectivity index (χ3v) is 3.50. The number of para-hydroxylation sites is 2. The first-order valence-corrected chi connectivity index (χ1v) is 7.14. The molecule has 0 aliphatic carbocycles. The summed E-state index contributed by atoms with van der Waals surface area (Å²) in [6.07, 6.45) is 0. The highest BCUT2D eigenvalue weighted by molar-refractivity contribution is 6.28. The van der Waals surface area contributed by atoms with E-state index < -0.39 is 0 Å². The monoisotopic (exact) mass is 331 g/mol. The Morgan fingerprint density at radius 1 is 1.04 bits per heavy atom. The second kappa shape index (κ2) is 6.18. The van der Waals surface area contributed by atoms with Gasteiger partial charge in [0.25, 0.3) is 0 Å². The lowest BCUT2D eigenvalue weighted by Crippen LogP contribution is -1.99. The van der Waals surface area contributed by atoms with E-state index >= 15 is 0 Å². The van der Waals surface area contributed by atoms with E-state index in [4.69, 9.17) is 21.1 Å². The summed E-state index contributed by atoms with van der Waals surface area (Å²) >= 11 is 6.00. The molecule has 0 saturated heterocycles. The van der Waals surface area contributed by atoms with Crippen molar-refractivity contribution in [2.75, 3.05) is 19.5 Å². The van der Waals surface area contributed by atoms with E-state index in [1.807, 2.05) is 0 Å². The lowest BCUT2D eigenvalue weighted by atomic mass is 10.2. The maximum Gasteiger partial charge on any atom is 0.224 e. The molecule has 1 aromatic heterocycles. The van der Waals surface area contributed by atoms with E-state index in [2.05, 4.69) is 15.3 Å². The maximum absolute atomic E-state index is 9.91. The number of rotatable bonds is 4. The average Bonchev–Trinajstić information content (AvgIpc) is 2.55. The smallest absolute Gasteiger partial charge is 0.224 e. The molecule has 7 heteroatoms. The first-order valence-electron chi connectivity index (χ1n) is 6.76. The van der Waals surface area contributed by atoms with Crippen molar-refractivity contribution in [1.29, 1.82) is 0 Å². The van der Waals surface area contributed by atoms with Crippen LogP contribution >= 0.6 is 11.6 Å². The Bertz CT molecular complexity index is 871. The predicted molar refractivity (Wildman–Crippen MR) is 89.0 cm³/mol. The van der Waals surface area contributed by atoms with Crippen LogP contribution in [0.5, 0.6) is 17.2 Å². The fourth-order valence-corrected chi connectivity index (χ4v) is 2.41. The van der Waals surface area contributed by atoms with Gasteiger partial charge in [-0.15, -0.1) is 0 Å². The minimum Gasteiger partial charge on any atom is -0.506 e. The molecule has 2 N–H and O–H groups in total. The van der Waals surface area contributed by atoms with Crippen LogP contribution in [0, 0.1) is 0 Å². The molecule has 1 heterocycles. The molecule has 0 amide bonds. The molecule has 2 aromatic carbocycles. The second-order valence-corrected chi connectivity index (χ2v) is 5.05. The normalized spacial score (nSPS) is 10.6. The molecule has 3 aromatic rings. The fraction of sp³-hybridized carbons (Fsp3) is 0.125. The summed E-state index contributed by atoms with van der Waals surface area (Å²) in [5.74, 6) is 1.66. The quantitative estimate of drug-likeness (QED) is 0.560. The van der Waals surface area contributed by atoms with E-state index in [1.165, 1.54) is 0 Å². The standard InChI is InChI=1S/C16H14ClN3O3/c1-22-13-7-9-11(8-14(13)23-2)19-16(17)20-15(9)18-10-5-3-4-6-12(10)21/h3-8,21H,1-2H3,(H,18,19,20). The van der Waals surface area contributed by atoms with Gasteiger partial charge >= 0.3 is 0 Å². The number of nitrogens with one attached hydrogen (secondary N) is 1. The number of aromatic hydroxyl groups is 1. The summed E-state index contributed by atoms with van der Waals surface area (Å²) in [6.45, 7) is 0. The predicted octanol–water partition coefficient (Wildman–Crippen LogP) is 3.75. The molecular formula is C16H14ClN3O3. The number of anilines is 2. The molecule has 0 unspecified atom stereocenters. The molecule has 0 radical (unpaired) electrons. The van der Waals surface area contributed by atoms with E-state index in [9.17, 15) is 5.11 Å². The summed E-state index contributed by atoms with van der Waals surface area (Å²) in [6, 6.07) is 10.3. The summed E-state index contributed by atoms with van der Waals surface area (Å²) < 4.78 is 10.6. The molecule has 0 saturated carbocycles. The molecule has 118 valence electrons. The van der Waals surface area contributed by atoms with Gasteiger partial charge in [0.15, 0.2) is 11.5 Å². The highest BCUT2D eigenvalue weighted by atomic mass is 35.5. The fourth-order valence-electron chi connectivity index (χ4n) is 2.23. The zero-order chi connectivity index (χ0) is 16.4. The van der Waals surface area contributed by atoms with E-state index in [1.54, 1.807) is 50.6 Å². The van der Waals surface area contributed by atoms with Crippen LogP contribution in [0.3, 0.4) is 0 Å². The highest BCUT2D eigenvalue weighted by Gasteiger charge is 2.13. The molecule has 0 atom stereocenters. The number of fused-ring (bicyclic) bond motifs is 1. The SMILES string of the molecule is COc1cc2nc(Cl)nc(Nc3ccccc3O)c2cc1OC. The Kier molecular flexibility index (Phi) is 4.08. The molecule has 0 fully saturated rings. The van der Waals surface area contributed by atoms with Crippen LogP contribution in [0.2, 0.25) is 5.28 Å². The molecule has 0 aliphatic rings. The molecule has 6 nitrogen and oxygen atoms in total. The Morgan fingerprint density at radius 3 is 2.43 bits per heavy atom. The lowest BCUT2D eigenvalue weighted by Gasteiger charge is -2.13. The zero-order valence-electron chi connectivity index (χ0n) is 12.5. The van der Waals surface area contributed by atoms with Gasteiger partial charge in [-0.25, -0.2) is 4.98 Å². The first kappa shape index (κ1) is 15.2. The Morgan fingerprint density at radius 2 is 1.74 bits per heavy atom. The number of phenolic OH excluding ortho intramolecular Hbond substituents is 1. The van der Waals surface area contributed by atoms with Crippen LogP contribution in [-0.2, 0) is 0 Å². The van der Waals surface area contributed by atoms with Crippen molar-refractivity contribution in [2.24, 2.45) is 0 Å². The van der Waals surface area contributed by atoms with Crippen molar-refractivity contribution in [3.05, 3.63) is 41.7 Å². The lowest BCUT2D eigenvalue weighted by molar-refractivity contribution is 0.356. The second-order valence-electron chi connectivity index (χ2n) is 4.71. The molecule has 3 rings (SSSR count). The molecule has 0 spiro atoms. The summed E-state index contributed by atoms with van der Waals surface area (Å²) in [5, 5.41) is 13.8. The largest absolute Gasteiger partial charge is 0.506 e. The topological polar surface area (TPSA) is 76.5 Å². The van der Waals surface area contributed by atoms with Crippen molar-refractivity contribution >= 4 is 34.0 Å². The minimum absolute atomic E-state index is 0.0858. The molecule has 0 bridgehead atoms. The molecular weight excluding hydrogens is 318 g/mol. The van der Waals surface area contributed by atoms with Gasteiger partial charge in [-0.05, 0) is 29.8 Å². The Balaban J connectivity index is 2.17. The van der Waals surface area contributed by atoms with Crippen LogP contribution in [0.4, 0.5) is 11.5 Å². The van der Waals surface area contributed by atoms with Crippen LogP contribution in [-0.4, -0.2) is 29.3 Å². The number of benzene rings is 2. The average molecular weight is 332 g/mol. The number of halogens is 1. The van der Waals surface area contributed by atoms with Crippen molar-refractivity contribution in [3.63, 3.8) is 0 Å². The van der Waals surface area contributed by atoms with Crippen LogP contribution in [0.15, 0.2) is 36.4 Å². The number of hydrogen-bond donors (Lipinski definition) is 2. The number of methoxy groups -OCH3 is 2. The number of ether oxygens (including phenoxy) is 2. The van der Waals surface area contributed by atoms with Gasteiger partial charge in [-0.3, -0.25) is 0 Å². The van der Waals surface area contributed by atoms with Gasteiger partial charge in [0.05, 0.1) is 25.4 Å². The summed E-state index contributed by atoms with van der Waals surface area (Å²) in [7, 11) is 3.10. The van der Waals surface area contributed by atoms with Gasteiger partial charge in [0.2, 0.25) is 5.28 Å². The van der Waals surface area contributed by atoms with Gasteiger partial charge in [0.1, 0.15) is 11.6 Å². The minimum atomic E-state index is 0.0858. The van der Waals surface area contributed by atoms with E-state index in [0.29, 0.717) is 33.9 Å². The summed E-state index contributed by atoms with van der Waals surface area (Å²) in [4.78, 5) is 8.40. The molecule has 23 heavy (non-hydrogen) atoms. The number of hydrogen-bond acceptors (Lipinski definition) is 6. The number of aromatic nitrogens is 2. The van der Waals surface area contributed by atoms with E-state index in [0.717, 1.165) is 0 Å². The number of nitrogens with zero attached hydrogens (tertiary/aromatic N) is 2. The van der Waals surface area contributed by atoms with Gasteiger partial charge < -0.3 is 19.9 Å². The van der Waals surface area contributed by atoms with Crippen molar-refractivity contribution in [3.8, 4) is 17.2 Å². The Labute approximate surface area is 137 Å². The zero-order valence-corrected chi connectivity index (χ0v) is 13.3. The highest BCUT2D eigenvalue weighted by Crippen LogP contribution is 2.36. The van der Waals surface area contributed by atoms with Crippen molar-refractivity contribution < 1.29 is 14.6 Å².